The van der Waals surface area contributed by atoms with Gasteiger partial charge in [-0.15, -0.1) is 0 Å². The average molecular weight is 450 g/mol. The van der Waals surface area contributed by atoms with Gasteiger partial charge in [-0.2, -0.15) is 0 Å². The number of nitrogens with one attached hydrogen (secondary N) is 2. The predicted octanol–water partition coefficient (Wildman–Crippen LogP) is 3.73. The molecule has 6 nitrogen and oxygen atoms in total. The quantitative estimate of drug-likeness (QED) is 0.500. The molecule has 1 fully saturated rings. The van der Waals surface area contributed by atoms with E-state index < -0.39 is 0 Å². The van der Waals surface area contributed by atoms with Gasteiger partial charge in [-0.3, -0.25) is 14.7 Å². The molecule has 2 N–H and O–H groups in total. The standard InChI is InChI=1S/C27H39N5O/c1-20-14-21(2)18-32(17-20)19-25-9-7-6-8-24(25)16-30-27(28-3)29-15-22-10-12-23(13-11-22)26(33)31(4)5/h6-13,20-21H,14-19H2,1-5H3,(H2,28,29,30). The maximum atomic E-state index is 12.1. The number of carbonyl (C=O) groups is 1. The van der Waals surface area contributed by atoms with E-state index in [4.69, 9.17) is 0 Å². The molecule has 33 heavy (non-hydrogen) atoms. The summed E-state index contributed by atoms with van der Waals surface area (Å²) in [6.07, 6.45) is 1.33. The number of carbonyl (C=O) groups excluding carboxylic acids is 1. The van der Waals surface area contributed by atoms with Gasteiger partial charge in [0.1, 0.15) is 0 Å². The van der Waals surface area contributed by atoms with Crippen LogP contribution in [0.15, 0.2) is 53.5 Å². The monoisotopic (exact) mass is 449 g/mol. The van der Waals surface area contributed by atoms with Crippen LogP contribution in [0.25, 0.3) is 0 Å². The number of piperidine rings is 1. The average Bonchev–Trinajstić information content (AvgIpc) is 2.79. The van der Waals surface area contributed by atoms with E-state index in [0.717, 1.165) is 36.4 Å². The molecule has 1 aliphatic rings. The Balaban J connectivity index is 1.54. The lowest BCUT2D eigenvalue weighted by atomic mass is 9.91. The molecule has 1 saturated heterocycles. The molecule has 0 radical (unpaired) electrons. The van der Waals surface area contributed by atoms with Gasteiger partial charge in [0.05, 0.1) is 0 Å². The second-order valence-electron chi connectivity index (χ2n) is 9.58. The summed E-state index contributed by atoms with van der Waals surface area (Å²) in [5, 5.41) is 6.83. The first-order valence-corrected chi connectivity index (χ1v) is 11.9. The molecule has 3 rings (SSSR count). The van der Waals surface area contributed by atoms with E-state index in [9.17, 15) is 4.79 Å². The summed E-state index contributed by atoms with van der Waals surface area (Å²) in [7, 11) is 5.31. The van der Waals surface area contributed by atoms with Crippen molar-refractivity contribution in [2.45, 2.75) is 39.9 Å². The zero-order chi connectivity index (χ0) is 23.8. The van der Waals surface area contributed by atoms with Gasteiger partial charge in [-0.05, 0) is 47.1 Å². The molecule has 0 aromatic heterocycles. The van der Waals surface area contributed by atoms with Crippen molar-refractivity contribution in [2.75, 3.05) is 34.2 Å². The Morgan fingerprint density at radius 3 is 2.18 bits per heavy atom. The van der Waals surface area contributed by atoms with Crippen molar-refractivity contribution in [2.24, 2.45) is 16.8 Å². The maximum absolute atomic E-state index is 12.1. The van der Waals surface area contributed by atoms with Gasteiger partial charge in [-0.1, -0.05) is 50.2 Å². The Hall–Kier alpha value is -2.86. The Labute approximate surface area is 199 Å². The number of hydrogen-bond donors (Lipinski definition) is 2. The number of rotatable bonds is 7. The van der Waals surface area contributed by atoms with Crippen LogP contribution in [0, 0.1) is 11.8 Å². The highest BCUT2D eigenvalue weighted by molar-refractivity contribution is 5.93. The number of likely N-dealkylation sites (tertiary alicyclic amines) is 1. The first kappa shape index (κ1) is 24.8. The lowest BCUT2D eigenvalue weighted by Crippen LogP contribution is -2.39. The third kappa shape index (κ3) is 7.32. The van der Waals surface area contributed by atoms with Crippen LogP contribution in [-0.2, 0) is 19.6 Å². The highest BCUT2D eigenvalue weighted by Gasteiger charge is 2.22. The van der Waals surface area contributed by atoms with Crippen LogP contribution in [-0.4, -0.2) is 55.9 Å². The second kappa shape index (κ2) is 11.8. The van der Waals surface area contributed by atoms with Crippen molar-refractivity contribution >= 4 is 11.9 Å². The fourth-order valence-electron chi connectivity index (χ4n) is 4.65. The molecule has 2 atom stereocenters. The highest BCUT2D eigenvalue weighted by Crippen LogP contribution is 2.23. The molecule has 2 aromatic rings. The summed E-state index contributed by atoms with van der Waals surface area (Å²) in [5.74, 6) is 2.30. The minimum absolute atomic E-state index is 0.0131. The zero-order valence-corrected chi connectivity index (χ0v) is 20.8. The zero-order valence-electron chi connectivity index (χ0n) is 20.8. The lowest BCUT2D eigenvalue weighted by Gasteiger charge is -2.35. The van der Waals surface area contributed by atoms with E-state index >= 15 is 0 Å². The fraction of sp³-hybridized carbons (Fsp3) is 0.481. The molecule has 1 amide bonds. The third-order valence-electron chi connectivity index (χ3n) is 6.19. The predicted molar refractivity (Wildman–Crippen MR) is 136 cm³/mol. The van der Waals surface area contributed by atoms with Crippen LogP contribution < -0.4 is 10.6 Å². The Morgan fingerprint density at radius 2 is 1.58 bits per heavy atom. The maximum Gasteiger partial charge on any atom is 0.253 e. The van der Waals surface area contributed by atoms with Crippen molar-refractivity contribution in [3.8, 4) is 0 Å². The summed E-state index contributed by atoms with van der Waals surface area (Å²) in [4.78, 5) is 20.6. The van der Waals surface area contributed by atoms with Gasteiger partial charge < -0.3 is 15.5 Å². The van der Waals surface area contributed by atoms with E-state index in [0.29, 0.717) is 12.1 Å². The third-order valence-corrected chi connectivity index (χ3v) is 6.19. The molecule has 0 spiro atoms. The lowest BCUT2D eigenvalue weighted by molar-refractivity contribution is 0.0827. The second-order valence-corrected chi connectivity index (χ2v) is 9.58. The largest absolute Gasteiger partial charge is 0.352 e. The Kier molecular flexibility index (Phi) is 8.89. The first-order valence-electron chi connectivity index (χ1n) is 11.9. The summed E-state index contributed by atoms with van der Waals surface area (Å²) >= 11 is 0. The molecule has 2 aromatic carbocycles. The summed E-state index contributed by atoms with van der Waals surface area (Å²) in [6, 6.07) is 16.4. The Bertz CT molecular complexity index is 928. The van der Waals surface area contributed by atoms with Crippen LogP contribution >= 0.6 is 0 Å². The molecule has 178 valence electrons. The fourth-order valence-corrected chi connectivity index (χ4v) is 4.65. The number of nitrogens with zero attached hydrogens (tertiary/aromatic N) is 3. The molecule has 6 heteroatoms. The number of amides is 1. The summed E-state index contributed by atoms with van der Waals surface area (Å²) in [6.45, 7) is 9.43. The molecule has 0 saturated carbocycles. The van der Waals surface area contributed by atoms with Crippen LogP contribution in [0.4, 0.5) is 0 Å². The molecule has 0 aliphatic carbocycles. The van der Waals surface area contributed by atoms with Gasteiger partial charge in [0, 0.05) is 59.4 Å². The molecule has 1 heterocycles. The van der Waals surface area contributed by atoms with E-state index in [-0.39, 0.29) is 5.91 Å². The Morgan fingerprint density at radius 1 is 0.970 bits per heavy atom. The van der Waals surface area contributed by atoms with Gasteiger partial charge in [0.25, 0.3) is 5.91 Å². The van der Waals surface area contributed by atoms with Gasteiger partial charge in [-0.25, -0.2) is 0 Å². The van der Waals surface area contributed by atoms with Crippen molar-refractivity contribution in [1.82, 2.24) is 20.4 Å². The van der Waals surface area contributed by atoms with E-state index in [1.807, 2.05) is 24.3 Å². The first-order chi connectivity index (χ1) is 15.9. The minimum Gasteiger partial charge on any atom is -0.352 e. The minimum atomic E-state index is 0.0131. The topological polar surface area (TPSA) is 60.0 Å². The normalized spacial score (nSPS) is 19.2. The highest BCUT2D eigenvalue weighted by atomic mass is 16.2. The summed E-state index contributed by atoms with van der Waals surface area (Å²) in [5.41, 5.74) is 4.48. The summed E-state index contributed by atoms with van der Waals surface area (Å²) < 4.78 is 0. The van der Waals surface area contributed by atoms with E-state index in [2.05, 4.69) is 58.6 Å². The number of guanidine groups is 1. The SMILES string of the molecule is CN=C(NCc1ccc(C(=O)N(C)C)cc1)NCc1ccccc1CN1CC(C)CC(C)C1. The molecule has 2 unspecified atom stereocenters. The molecular formula is C27H39N5O. The van der Waals surface area contributed by atoms with Gasteiger partial charge >= 0.3 is 0 Å². The van der Waals surface area contributed by atoms with Crippen molar-refractivity contribution in [3.05, 3.63) is 70.8 Å². The van der Waals surface area contributed by atoms with Crippen molar-refractivity contribution in [3.63, 3.8) is 0 Å². The van der Waals surface area contributed by atoms with Crippen molar-refractivity contribution < 1.29 is 4.79 Å². The van der Waals surface area contributed by atoms with E-state index in [1.54, 1.807) is 26.0 Å². The van der Waals surface area contributed by atoms with Gasteiger partial charge in [0.15, 0.2) is 5.96 Å². The number of hydrogen-bond acceptors (Lipinski definition) is 3. The van der Waals surface area contributed by atoms with E-state index in [1.165, 1.54) is 30.6 Å². The van der Waals surface area contributed by atoms with Crippen LogP contribution in [0.2, 0.25) is 0 Å². The van der Waals surface area contributed by atoms with Crippen LogP contribution in [0.5, 0.6) is 0 Å². The molecule has 1 aliphatic heterocycles. The smallest absolute Gasteiger partial charge is 0.253 e. The van der Waals surface area contributed by atoms with Crippen molar-refractivity contribution in [1.29, 1.82) is 0 Å². The molecule has 0 bridgehead atoms. The van der Waals surface area contributed by atoms with Crippen LogP contribution in [0.3, 0.4) is 0 Å². The number of benzene rings is 2. The molecular weight excluding hydrogens is 410 g/mol. The van der Waals surface area contributed by atoms with Crippen LogP contribution in [0.1, 0.15) is 47.3 Å². The number of aliphatic imine (C=N–C) groups is 1. The van der Waals surface area contributed by atoms with Gasteiger partial charge in [0.2, 0.25) is 0 Å².